The van der Waals surface area contributed by atoms with E-state index in [2.05, 4.69) is 20.7 Å². The fraction of sp³-hybridized carbons (Fsp3) is 0.0455. The Morgan fingerprint density at radius 3 is 2.48 bits per heavy atom. The van der Waals surface area contributed by atoms with Gasteiger partial charge in [-0.1, -0.05) is 78.9 Å². The Labute approximate surface area is 158 Å². The number of benzene rings is 2. The number of carbonyl (C=O) groups excluding carboxylic acids is 1. The molecule has 0 aliphatic heterocycles. The fourth-order valence-corrected chi connectivity index (χ4v) is 2.36. The number of hydrogen-bond acceptors (Lipinski definition) is 3. The summed E-state index contributed by atoms with van der Waals surface area (Å²) in [6.07, 6.45) is 7.62. The van der Waals surface area contributed by atoms with Crippen molar-refractivity contribution in [3.63, 3.8) is 0 Å². The minimum absolute atomic E-state index is 0.336. The number of aromatic nitrogens is 2. The molecule has 27 heavy (non-hydrogen) atoms. The van der Waals surface area contributed by atoms with Crippen LogP contribution in [0.15, 0.2) is 90.1 Å². The first-order valence-corrected chi connectivity index (χ1v) is 8.57. The van der Waals surface area contributed by atoms with Gasteiger partial charge in [-0.05, 0) is 24.6 Å². The number of aromatic amines is 1. The van der Waals surface area contributed by atoms with Crippen molar-refractivity contribution in [3.8, 4) is 11.3 Å². The number of allylic oxidation sites excluding steroid dienone is 3. The molecule has 1 aromatic heterocycles. The van der Waals surface area contributed by atoms with Crippen LogP contribution in [0.1, 0.15) is 23.0 Å². The number of rotatable bonds is 6. The molecule has 0 atom stereocenters. The molecule has 1 amide bonds. The molecule has 2 aromatic carbocycles. The molecule has 0 saturated heterocycles. The Kier molecular flexibility index (Phi) is 6.09. The van der Waals surface area contributed by atoms with Crippen LogP contribution >= 0.6 is 0 Å². The molecule has 0 aliphatic carbocycles. The maximum atomic E-state index is 12.2. The van der Waals surface area contributed by atoms with Crippen LogP contribution < -0.4 is 5.43 Å². The first kappa shape index (κ1) is 18.1. The van der Waals surface area contributed by atoms with Gasteiger partial charge in [-0.15, -0.1) is 0 Å². The van der Waals surface area contributed by atoms with E-state index in [1.165, 1.54) is 0 Å². The molecule has 0 bridgehead atoms. The van der Waals surface area contributed by atoms with Crippen molar-refractivity contribution >= 4 is 17.7 Å². The second kappa shape index (κ2) is 9.10. The highest BCUT2D eigenvalue weighted by Gasteiger charge is 2.10. The van der Waals surface area contributed by atoms with Crippen LogP contribution in [-0.4, -0.2) is 21.8 Å². The van der Waals surface area contributed by atoms with Gasteiger partial charge in [0, 0.05) is 5.56 Å². The Hall–Kier alpha value is -3.73. The number of nitrogens with zero attached hydrogens (tertiary/aromatic N) is 2. The summed E-state index contributed by atoms with van der Waals surface area (Å²) in [5, 5.41) is 11.0. The lowest BCUT2D eigenvalue weighted by Gasteiger charge is -1.97. The minimum atomic E-state index is -0.336. The molecule has 3 aromatic rings. The maximum absolute atomic E-state index is 12.2. The Bertz CT molecular complexity index is 970. The summed E-state index contributed by atoms with van der Waals surface area (Å²) in [5.41, 5.74) is 6.35. The average Bonchev–Trinajstić information content (AvgIpc) is 3.21. The molecule has 0 aliphatic rings. The first-order chi connectivity index (χ1) is 13.2. The Morgan fingerprint density at radius 2 is 1.74 bits per heavy atom. The van der Waals surface area contributed by atoms with Gasteiger partial charge in [0.05, 0.1) is 11.4 Å². The number of amides is 1. The lowest BCUT2D eigenvalue weighted by atomic mass is 10.1. The average molecular weight is 356 g/mol. The van der Waals surface area contributed by atoms with Gasteiger partial charge >= 0.3 is 0 Å². The van der Waals surface area contributed by atoms with E-state index in [0.717, 1.165) is 11.1 Å². The van der Waals surface area contributed by atoms with E-state index < -0.39 is 0 Å². The molecule has 5 nitrogen and oxygen atoms in total. The van der Waals surface area contributed by atoms with Gasteiger partial charge in [0.1, 0.15) is 5.69 Å². The van der Waals surface area contributed by atoms with Gasteiger partial charge in [0.25, 0.3) is 5.91 Å². The topological polar surface area (TPSA) is 70.1 Å². The van der Waals surface area contributed by atoms with Gasteiger partial charge in [-0.2, -0.15) is 10.2 Å². The number of nitrogens with one attached hydrogen (secondary N) is 2. The van der Waals surface area contributed by atoms with Crippen LogP contribution in [-0.2, 0) is 0 Å². The largest absolute Gasteiger partial charge is 0.289 e. The molecule has 134 valence electrons. The minimum Gasteiger partial charge on any atom is -0.272 e. The lowest BCUT2D eigenvalue weighted by Crippen LogP contribution is -2.19. The van der Waals surface area contributed by atoms with E-state index in [1.54, 1.807) is 6.07 Å². The summed E-state index contributed by atoms with van der Waals surface area (Å²) in [5.74, 6) is -0.336. The highest BCUT2D eigenvalue weighted by atomic mass is 16.2. The van der Waals surface area contributed by atoms with Gasteiger partial charge in [-0.25, -0.2) is 5.43 Å². The second-order valence-corrected chi connectivity index (χ2v) is 5.86. The molecule has 0 fully saturated rings. The molecule has 2 N–H and O–H groups in total. The van der Waals surface area contributed by atoms with Crippen LogP contribution in [0.5, 0.6) is 0 Å². The van der Waals surface area contributed by atoms with Crippen LogP contribution in [0.25, 0.3) is 17.3 Å². The number of hydrazone groups is 1. The van der Waals surface area contributed by atoms with E-state index >= 15 is 0 Å². The van der Waals surface area contributed by atoms with Crippen LogP contribution in [0, 0.1) is 0 Å². The van der Waals surface area contributed by atoms with Crippen LogP contribution in [0.3, 0.4) is 0 Å². The highest BCUT2D eigenvalue weighted by Crippen LogP contribution is 2.16. The molecule has 5 heteroatoms. The van der Waals surface area contributed by atoms with Crippen molar-refractivity contribution in [1.82, 2.24) is 15.6 Å². The van der Waals surface area contributed by atoms with E-state index in [-0.39, 0.29) is 5.91 Å². The summed E-state index contributed by atoms with van der Waals surface area (Å²) < 4.78 is 0. The predicted octanol–water partition coefficient (Wildman–Crippen LogP) is 4.45. The summed E-state index contributed by atoms with van der Waals surface area (Å²) in [4.78, 5) is 12.2. The third-order valence-electron chi connectivity index (χ3n) is 3.76. The Morgan fingerprint density at radius 1 is 1.04 bits per heavy atom. The van der Waals surface area contributed by atoms with Gasteiger partial charge in [0.15, 0.2) is 0 Å². The zero-order valence-corrected chi connectivity index (χ0v) is 15.0. The van der Waals surface area contributed by atoms with Gasteiger partial charge < -0.3 is 0 Å². The normalized spacial score (nSPS) is 12.0. The molecular weight excluding hydrogens is 336 g/mol. The van der Waals surface area contributed by atoms with Gasteiger partial charge in [0.2, 0.25) is 0 Å². The standard InChI is InChI=1S/C22H20N4O/c1-17(10-8-9-13-18-11-4-2-5-12-18)23-26-22(27)21-16-20(24-25-21)19-14-6-3-7-15-19/h2-16H,1H3,(H,24,25)(H,26,27). The zero-order chi connectivity index (χ0) is 18.9. The molecule has 0 spiro atoms. The molecule has 0 unspecified atom stereocenters. The molecule has 3 rings (SSSR count). The summed E-state index contributed by atoms with van der Waals surface area (Å²) in [6.45, 7) is 1.81. The summed E-state index contributed by atoms with van der Waals surface area (Å²) in [6, 6.07) is 21.4. The number of carbonyl (C=O) groups is 1. The van der Waals surface area contributed by atoms with Crippen molar-refractivity contribution in [2.75, 3.05) is 0 Å². The van der Waals surface area contributed by atoms with Crippen molar-refractivity contribution in [1.29, 1.82) is 0 Å². The number of H-pyrrole nitrogens is 1. The molecule has 1 heterocycles. The van der Waals surface area contributed by atoms with Crippen molar-refractivity contribution < 1.29 is 4.79 Å². The van der Waals surface area contributed by atoms with E-state index in [4.69, 9.17) is 0 Å². The van der Waals surface area contributed by atoms with E-state index in [9.17, 15) is 4.79 Å². The quantitative estimate of drug-likeness (QED) is 0.389. The monoisotopic (exact) mass is 356 g/mol. The molecule has 0 saturated carbocycles. The first-order valence-electron chi connectivity index (χ1n) is 8.57. The lowest BCUT2D eigenvalue weighted by molar-refractivity contribution is 0.0950. The zero-order valence-electron chi connectivity index (χ0n) is 15.0. The third kappa shape index (κ3) is 5.37. The second-order valence-electron chi connectivity index (χ2n) is 5.86. The van der Waals surface area contributed by atoms with Crippen molar-refractivity contribution in [2.45, 2.75) is 6.92 Å². The van der Waals surface area contributed by atoms with Crippen LogP contribution in [0.4, 0.5) is 0 Å². The SMILES string of the molecule is CC(C=CC=Cc1ccccc1)=NNC(=O)c1cc(-c2ccccc2)n[nH]1. The fourth-order valence-electron chi connectivity index (χ4n) is 2.36. The highest BCUT2D eigenvalue weighted by molar-refractivity contribution is 5.97. The smallest absolute Gasteiger partial charge is 0.272 e. The van der Waals surface area contributed by atoms with Crippen LogP contribution in [0.2, 0.25) is 0 Å². The van der Waals surface area contributed by atoms with E-state index in [0.29, 0.717) is 17.1 Å². The third-order valence-corrected chi connectivity index (χ3v) is 3.76. The van der Waals surface area contributed by atoms with Gasteiger partial charge in [-0.3, -0.25) is 9.89 Å². The maximum Gasteiger partial charge on any atom is 0.289 e. The number of hydrogen-bond donors (Lipinski definition) is 2. The molecular formula is C22H20N4O. The van der Waals surface area contributed by atoms with Crippen molar-refractivity contribution in [3.05, 3.63) is 96.2 Å². The molecule has 0 radical (unpaired) electrons. The van der Waals surface area contributed by atoms with Crippen molar-refractivity contribution in [2.24, 2.45) is 5.10 Å². The predicted molar refractivity (Wildman–Crippen MR) is 109 cm³/mol. The summed E-state index contributed by atoms with van der Waals surface area (Å²) >= 11 is 0. The Balaban J connectivity index is 1.55. The van der Waals surface area contributed by atoms with E-state index in [1.807, 2.05) is 91.9 Å². The summed E-state index contributed by atoms with van der Waals surface area (Å²) in [7, 11) is 0.